The van der Waals surface area contributed by atoms with Crippen molar-refractivity contribution in [2.24, 2.45) is 0 Å². The Bertz CT molecular complexity index is 266. The summed E-state index contributed by atoms with van der Waals surface area (Å²) in [7, 11) is 0. The molecular weight excluding hydrogens is 304 g/mol. The molecule has 0 fully saturated rings. The number of carbonyl (C=O) groups is 1. The van der Waals surface area contributed by atoms with Crippen molar-refractivity contribution < 1.29 is 9.59 Å². The lowest BCUT2D eigenvalue weighted by atomic mass is 10.0. The predicted molar refractivity (Wildman–Crippen MR) is 103 cm³/mol. The first-order valence-electron chi connectivity index (χ1n) is 9.75. The van der Waals surface area contributed by atoms with Crippen LogP contribution in [0.4, 0.5) is 0 Å². The van der Waals surface area contributed by atoms with Gasteiger partial charge in [0.1, 0.15) is 0 Å². The minimum Gasteiger partial charge on any atom is -0.291 e. The van der Waals surface area contributed by atoms with E-state index < -0.39 is 0 Å². The van der Waals surface area contributed by atoms with Crippen LogP contribution in [0.25, 0.3) is 0 Å². The molecule has 23 heavy (non-hydrogen) atoms. The van der Waals surface area contributed by atoms with Gasteiger partial charge < -0.3 is 0 Å². The van der Waals surface area contributed by atoms with Crippen molar-refractivity contribution in [1.82, 2.24) is 0 Å². The largest absolute Gasteiger partial charge is 0.291 e. The van der Waals surface area contributed by atoms with Crippen molar-refractivity contribution in [3.05, 3.63) is 0 Å². The summed E-state index contributed by atoms with van der Waals surface area (Å²) in [5.74, 6) is 1.00. The fourth-order valence-electron chi connectivity index (χ4n) is 2.81. The second kappa shape index (κ2) is 19.7. The Morgan fingerprint density at radius 1 is 0.652 bits per heavy atom. The Morgan fingerprint density at radius 3 is 1.35 bits per heavy atom. The van der Waals surface area contributed by atoms with Gasteiger partial charge in [-0.05, 0) is 12.8 Å². The lowest BCUT2D eigenvalue weighted by molar-refractivity contribution is -0.109. The van der Waals surface area contributed by atoms with E-state index in [2.05, 4.69) is 0 Å². The van der Waals surface area contributed by atoms with Crippen LogP contribution in [0.1, 0.15) is 110 Å². The second-order valence-electron chi connectivity index (χ2n) is 6.54. The van der Waals surface area contributed by atoms with Gasteiger partial charge in [-0.15, -0.1) is 0 Å². The lowest BCUT2D eigenvalue weighted by Crippen LogP contribution is -1.87. The van der Waals surface area contributed by atoms with Crippen LogP contribution in [0.5, 0.6) is 0 Å². The Morgan fingerprint density at radius 2 is 1.00 bits per heavy atom. The topological polar surface area (TPSA) is 34.1 Å². The number of hydrogen-bond donors (Lipinski definition) is 0. The van der Waals surface area contributed by atoms with Gasteiger partial charge in [-0.3, -0.25) is 9.59 Å². The van der Waals surface area contributed by atoms with Crippen molar-refractivity contribution in [1.29, 1.82) is 0 Å². The third-order valence-corrected chi connectivity index (χ3v) is 5.13. The minimum absolute atomic E-state index is 0.251. The molecule has 0 bridgehead atoms. The lowest BCUT2D eigenvalue weighted by Gasteiger charge is -2.03. The summed E-state index contributed by atoms with van der Waals surface area (Å²) in [6.07, 6.45) is 22.3. The number of unbranched alkanes of at least 4 members (excludes halogenated alkanes) is 15. The molecule has 2 nitrogen and oxygen atoms in total. The first-order valence-corrected chi connectivity index (χ1v) is 10.7. The van der Waals surface area contributed by atoms with Crippen LogP contribution >= 0.6 is 11.8 Å². The van der Waals surface area contributed by atoms with Gasteiger partial charge in [-0.25, -0.2) is 0 Å². The summed E-state index contributed by atoms with van der Waals surface area (Å²) in [5.41, 5.74) is 0. The molecule has 135 valence electrons. The summed E-state index contributed by atoms with van der Waals surface area (Å²) in [5, 5.41) is 0.251. The van der Waals surface area contributed by atoms with Gasteiger partial charge >= 0.3 is 0 Å². The van der Waals surface area contributed by atoms with E-state index in [1.165, 1.54) is 102 Å². The zero-order valence-corrected chi connectivity index (χ0v) is 16.1. The average molecular weight is 342 g/mol. The smallest absolute Gasteiger partial charge is 0.198 e. The van der Waals surface area contributed by atoms with Crippen LogP contribution in [0.2, 0.25) is 0 Å². The first kappa shape index (κ1) is 22.7. The van der Waals surface area contributed by atoms with Gasteiger partial charge in [0.05, 0.1) is 0 Å². The summed E-state index contributed by atoms with van der Waals surface area (Å²) < 4.78 is 0. The van der Waals surface area contributed by atoms with Crippen molar-refractivity contribution >= 4 is 23.2 Å². The highest BCUT2D eigenvalue weighted by Crippen LogP contribution is 2.14. The van der Waals surface area contributed by atoms with Crippen LogP contribution in [-0.4, -0.2) is 17.2 Å². The average Bonchev–Trinajstić information content (AvgIpc) is 2.53. The zero-order valence-electron chi connectivity index (χ0n) is 15.2. The van der Waals surface area contributed by atoms with Gasteiger partial charge in [0.25, 0.3) is 0 Å². The van der Waals surface area contributed by atoms with Crippen LogP contribution in [0.3, 0.4) is 0 Å². The predicted octanol–water partition coefficient (Wildman–Crippen LogP) is 6.62. The van der Waals surface area contributed by atoms with Crippen LogP contribution in [0.15, 0.2) is 0 Å². The Labute approximate surface area is 148 Å². The standard InChI is InChI=1S/C20H37O2S/c1-20(22)23-19-17-15-13-11-9-7-5-3-2-4-6-8-10-12-14-16-18-21/h2-17,19H2,1H3. The van der Waals surface area contributed by atoms with Gasteiger partial charge in [0.15, 0.2) is 11.4 Å². The molecule has 0 saturated carbocycles. The molecule has 0 aromatic rings. The van der Waals surface area contributed by atoms with Crippen molar-refractivity contribution in [3.8, 4) is 0 Å². The Balaban J connectivity index is 2.97. The highest BCUT2D eigenvalue weighted by molar-refractivity contribution is 8.13. The van der Waals surface area contributed by atoms with E-state index in [9.17, 15) is 9.59 Å². The second-order valence-corrected chi connectivity index (χ2v) is 7.81. The Hall–Kier alpha value is -0.310. The molecule has 0 aliphatic heterocycles. The van der Waals surface area contributed by atoms with Gasteiger partial charge in [0.2, 0.25) is 0 Å². The van der Waals surface area contributed by atoms with E-state index in [0.717, 1.165) is 12.2 Å². The minimum atomic E-state index is 0.251. The highest BCUT2D eigenvalue weighted by atomic mass is 32.2. The maximum absolute atomic E-state index is 10.8. The molecular formula is C20H37O2S. The van der Waals surface area contributed by atoms with Gasteiger partial charge in [-0.1, -0.05) is 95.2 Å². The maximum atomic E-state index is 10.8. The number of thioether (sulfide) groups is 1. The molecule has 0 aliphatic rings. The van der Waals surface area contributed by atoms with Crippen molar-refractivity contribution in [2.45, 2.75) is 110 Å². The van der Waals surface area contributed by atoms with E-state index in [1.807, 2.05) is 6.29 Å². The number of carbonyl (C=O) groups excluding carboxylic acids is 2. The van der Waals surface area contributed by atoms with E-state index in [4.69, 9.17) is 0 Å². The Kier molecular flexibility index (Phi) is 19.5. The number of rotatable bonds is 18. The molecule has 0 aromatic heterocycles. The molecule has 1 radical (unpaired) electrons. The third-order valence-electron chi connectivity index (χ3n) is 4.23. The van der Waals surface area contributed by atoms with Crippen molar-refractivity contribution in [3.63, 3.8) is 0 Å². The van der Waals surface area contributed by atoms with E-state index in [0.29, 0.717) is 6.42 Å². The monoisotopic (exact) mass is 341 g/mol. The molecule has 0 saturated heterocycles. The first-order chi connectivity index (χ1) is 11.3. The molecule has 0 N–H and O–H groups in total. The zero-order chi connectivity index (χ0) is 17.0. The highest BCUT2D eigenvalue weighted by Gasteiger charge is 1.96. The van der Waals surface area contributed by atoms with E-state index in [1.54, 1.807) is 6.92 Å². The van der Waals surface area contributed by atoms with Crippen LogP contribution in [0, 0.1) is 0 Å². The molecule has 0 unspecified atom stereocenters. The van der Waals surface area contributed by atoms with E-state index in [-0.39, 0.29) is 5.12 Å². The molecule has 0 atom stereocenters. The maximum Gasteiger partial charge on any atom is 0.198 e. The molecule has 0 spiro atoms. The SMILES string of the molecule is CC(=O)SCCCCCCCCCCCCCCCCC[C]=O. The van der Waals surface area contributed by atoms with Gasteiger partial charge in [-0.2, -0.15) is 0 Å². The molecule has 0 amide bonds. The molecule has 0 aliphatic carbocycles. The van der Waals surface area contributed by atoms with Gasteiger partial charge in [0, 0.05) is 19.1 Å². The van der Waals surface area contributed by atoms with Crippen LogP contribution in [-0.2, 0) is 9.59 Å². The van der Waals surface area contributed by atoms with E-state index >= 15 is 0 Å². The molecule has 0 aromatic carbocycles. The summed E-state index contributed by atoms with van der Waals surface area (Å²) in [6.45, 7) is 1.65. The fourth-order valence-corrected chi connectivity index (χ4v) is 3.45. The molecule has 0 heterocycles. The van der Waals surface area contributed by atoms with Crippen molar-refractivity contribution in [2.75, 3.05) is 5.75 Å². The molecule has 3 heteroatoms. The number of hydrogen-bond acceptors (Lipinski definition) is 3. The normalized spacial score (nSPS) is 10.8. The summed E-state index contributed by atoms with van der Waals surface area (Å²) in [6, 6.07) is 0. The third kappa shape index (κ3) is 21.7. The quantitative estimate of drug-likeness (QED) is 0.263. The summed E-state index contributed by atoms with van der Waals surface area (Å²) >= 11 is 1.46. The summed E-state index contributed by atoms with van der Waals surface area (Å²) in [4.78, 5) is 20.8. The molecule has 0 rings (SSSR count). The van der Waals surface area contributed by atoms with Crippen LogP contribution < -0.4 is 0 Å². The fraction of sp³-hybridized carbons (Fsp3) is 0.900.